The summed E-state index contributed by atoms with van der Waals surface area (Å²) in [5, 5.41) is 20.6. The topological polar surface area (TPSA) is 66.8 Å². The molecule has 0 amide bonds. The Morgan fingerprint density at radius 3 is 1.71 bits per heavy atom. The van der Waals surface area contributed by atoms with Crippen LogP contribution in [0.15, 0.2) is 55.1 Å². The van der Waals surface area contributed by atoms with Crippen LogP contribution in [-0.4, -0.2) is 16.2 Å². The summed E-state index contributed by atoms with van der Waals surface area (Å²) in [5.74, 6) is 0.193. The van der Waals surface area contributed by atoms with Crippen molar-refractivity contribution in [3.63, 3.8) is 0 Å². The Bertz CT molecular complexity index is 1070. The van der Waals surface area contributed by atoms with Crippen LogP contribution in [0.2, 0.25) is 0 Å². The van der Waals surface area contributed by atoms with Gasteiger partial charge in [-0.3, -0.25) is 0 Å². The van der Waals surface area contributed by atoms with E-state index in [1.54, 1.807) is 0 Å². The van der Waals surface area contributed by atoms with Crippen molar-refractivity contribution in [3.05, 3.63) is 99.6 Å². The van der Waals surface area contributed by atoms with Crippen LogP contribution in [0.1, 0.15) is 50.4 Å². The molecule has 0 saturated carbocycles. The zero-order chi connectivity index (χ0) is 22.9. The normalized spacial score (nSPS) is 10.9. The third-order valence-corrected chi connectivity index (χ3v) is 5.55. The Kier molecular flexibility index (Phi) is 6.21. The third kappa shape index (κ3) is 4.48. The monoisotopic (exact) mass is 416 g/mol. The summed E-state index contributed by atoms with van der Waals surface area (Å²) >= 11 is 0. The molecule has 4 heteroatoms. The van der Waals surface area contributed by atoms with Crippen LogP contribution in [0.25, 0.3) is 0 Å². The number of carbonyl (C=O) groups excluding carboxylic acids is 1. The average Bonchev–Trinajstić information content (AvgIpc) is 2.71. The van der Waals surface area contributed by atoms with E-state index in [1.165, 1.54) is 0 Å². The molecule has 0 heterocycles. The number of hydrogen-bond donors (Lipinski definition) is 2. The summed E-state index contributed by atoms with van der Waals surface area (Å²) in [6.45, 7) is 12.9. The lowest BCUT2D eigenvalue weighted by Gasteiger charge is -2.24. The van der Waals surface area contributed by atoms with Crippen LogP contribution in [0, 0.1) is 34.6 Å². The third-order valence-electron chi connectivity index (χ3n) is 5.55. The first kappa shape index (κ1) is 22.2. The summed E-state index contributed by atoms with van der Waals surface area (Å²) in [5.41, 5.74) is 6.76. The lowest BCUT2D eigenvalue weighted by atomic mass is 9.81. The van der Waals surface area contributed by atoms with Gasteiger partial charge in [0.1, 0.15) is 17.2 Å². The lowest BCUT2D eigenvalue weighted by molar-refractivity contribution is -0.129. The molecule has 0 aromatic heterocycles. The van der Waals surface area contributed by atoms with Crippen LogP contribution in [0.5, 0.6) is 17.2 Å². The van der Waals surface area contributed by atoms with Gasteiger partial charge in [-0.25, -0.2) is 4.79 Å². The standard InChI is InChI=1S/C27H28O4/c1-7-24(28)31-23-10-15(2)8-9-22(23)25(20-11-16(3)26(29)17(4)12-20)21-13-18(5)27(30)19(6)14-21/h7-14,25,29-30H,1H2,2-6H3. The second-order valence-corrected chi connectivity index (χ2v) is 8.11. The molecule has 3 rings (SSSR count). The molecule has 0 bridgehead atoms. The molecule has 160 valence electrons. The molecule has 0 saturated heterocycles. The van der Waals surface area contributed by atoms with E-state index in [0.29, 0.717) is 5.75 Å². The van der Waals surface area contributed by atoms with Crippen LogP contribution in [-0.2, 0) is 4.79 Å². The van der Waals surface area contributed by atoms with Gasteiger partial charge in [-0.05, 0) is 79.6 Å². The molecule has 4 nitrogen and oxygen atoms in total. The number of ether oxygens (including phenoxy) is 1. The molecule has 0 fully saturated rings. The molecule has 31 heavy (non-hydrogen) atoms. The maximum Gasteiger partial charge on any atom is 0.335 e. The van der Waals surface area contributed by atoms with Crippen molar-refractivity contribution in [3.8, 4) is 17.2 Å². The first-order valence-electron chi connectivity index (χ1n) is 10.2. The van der Waals surface area contributed by atoms with Gasteiger partial charge < -0.3 is 14.9 Å². The fraction of sp³-hybridized carbons (Fsp3) is 0.222. The average molecular weight is 417 g/mol. The summed E-state index contributed by atoms with van der Waals surface area (Å²) in [6.07, 6.45) is 1.14. The van der Waals surface area contributed by atoms with Crippen LogP contribution < -0.4 is 4.74 Å². The van der Waals surface area contributed by atoms with Gasteiger partial charge in [-0.15, -0.1) is 0 Å². The largest absolute Gasteiger partial charge is 0.507 e. The second kappa shape index (κ2) is 8.68. The van der Waals surface area contributed by atoms with Gasteiger partial charge in [0.05, 0.1) is 0 Å². The summed E-state index contributed by atoms with van der Waals surface area (Å²) in [6, 6.07) is 13.6. The first-order valence-corrected chi connectivity index (χ1v) is 10.2. The SMILES string of the molecule is C=CC(=O)Oc1cc(C)ccc1C(c1cc(C)c(O)c(C)c1)c1cc(C)c(O)c(C)c1. The number of phenolic OH excluding ortho intramolecular Hbond substituents is 2. The minimum absolute atomic E-state index is 0.266. The van der Waals surface area contributed by atoms with E-state index in [0.717, 1.165) is 50.6 Å². The van der Waals surface area contributed by atoms with Crippen molar-refractivity contribution in [2.45, 2.75) is 40.5 Å². The van der Waals surface area contributed by atoms with Gasteiger partial charge in [-0.1, -0.05) is 43.0 Å². The second-order valence-electron chi connectivity index (χ2n) is 8.11. The van der Waals surface area contributed by atoms with Crippen molar-refractivity contribution >= 4 is 5.97 Å². The molecule has 0 aliphatic rings. The Hall–Kier alpha value is -3.53. The molecule has 0 radical (unpaired) electrons. The number of hydrogen-bond acceptors (Lipinski definition) is 4. The Morgan fingerprint density at radius 1 is 0.839 bits per heavy atom. The van der Waals surface area contributed by atoms with Crippen molar-refractivity contribution in [1.29, 1.82) is 0 Å². The van der Waals surface area contributed by atoms with Gasteiger partial charge in [0, 0.05) is 17.6 Å². The molecule has 2 N–H and O–H groups in total. The predicted molar refractivity (Wildman–Crippen MR) is 123 cm³/mol. The number of carbonyl (C=O) groups is 1. The van der Waals surface area contributed by atoms with Gasteiger partial charge in [0.25, 0.3) is 0 Å². The zero-order valence-corrected chi connectivity index (χ0v) is 18.6. The number of aromatic hydroxyl groups is 2. The smallest absolute Gasteiger partial charge is 0.335 e. The van der Waals surface area contributed by atoms with Gasteiger partial charge in [0.15, 0.2) is 0 Å². The highest BCUT2D eigenvalue weighted by Crippen LogP contribution is 2.41. The van der Waals surface area contributed by atoms with E-state index >= 15 is 0 Å². The van der Waals surface area contributed by atoms with Crippen molar-refractivity contribution in [1.82, 2.24) is 0 Å². The summed E-state index contributed by atoms with van der Waals surface area (Å²) in [4.78, 5) is 12.0. The van der Waals surface area contributed by atoms with Crippen molar-refractivity contribution < 1.29 is 19.7 Å². The molecule has 0 aliphatic carbocycles. The van der Waals surface area contributed by atoms with Crippen LogP contribution in [0.3, 0.4) is 0 Å². The molecule has 3 aromatic rings. The Labute approximate surface area is 183 Å². The maximum absolute atomic E-state index is 12.0. The number of esters is 1. The van der Waals surface area contributed by atoms with Crippen molar-refractivity contribution in [2.75, 3.05) is 0 Å². The fourth-order valence-corrected chi connectivity index (χ4v) is 3.98. The Morgan fingerprint density at radius 2 is 1.29 bits per heavy atom. The van der Waals surface area contributed by atoms with E-state index < -0.39 is 5.97 Å². The predicted octanol–water partition coefficient (Wildman–Crippen LogP) is 5.91. The molecular weight excluding hydrogens is 388 g/mol. The molecule has 3 aromatic carbocycles. The van der Waals surface area contributed by atoms with Gasteiger partial charge in [-0.2, -0.15) is 0 Å². The number of phenols is 2. The first-order chi connectivity index (χ1) is 14.6. The highest BCUT2D eigenvalue weighted by molar-refractivity contribution is 5.83. The van der Waals surface area contributed by atoms with E-state index in [9.17, 15) is 15.0 Å². The minimum Gasteiger partial charge on any atom is -0.507 e. The number of rotatable bonds is 5. The van der Waals surface area contributed by atoms with Crippen LogP contribution >= 0.6 is 0 Å². The van der Waals surface area contributed by atoms with E-state index in [4.69, 9.17) is 4.74 Å². The highest BCUT2D eigenvalue weighted by atomic mass is 16.5. The van der Waals surface area contributed by atoms with Crippen LogP contribution in [0.4, 0.5) is 0 Å². The molecule has 0 atom stereocenters. The van der Waals surface area contributed by atoms with E-state index in [1.807, 2.05) is 77.1 Å². The maximum atomic E-state index is 12.0. The lowest BCUT2D eigenvalue weighted by Crippen LogP contribution is -2.11. The quantitative estimate of drug-likeness (QED) is 0.235. The van der Waals surface area contributed by atoms with Gasteiger partial charge >= 0.3 is 5.97 Å². The van der Waals surface area contributed by atoms with E-state index in [-0.39, 0.29) is 17.4 Å². The van der Waals surface area contributed by atoms with E-state index in [2.05, 4.69) is 6.58 Å². The van der Waals surface area contributed by atoms with Gasteiger partial charge in [0.2, 0.25) is 0 Å². The minimum atomic E-state index is -0.526. The molecule has 0 unspecified atom stereocenters. The fourth-order valence-electron chi connectivity index (χ4n) is 3.98. The molecule has 0 aliphatic heterocycles. The summed E-state index contributed by atoms with van der Waals surface area (Å²) in [7, 11) is 0. The Balaban J connectivity index is 2.33. The molecular formula is C27H28O4. The highest BCUT2D eigenvalue weighted by Gasteiger charge is 2.24. The number of benzene rings is 3. The number of aryl methyl sites for hydroxylation is 5. The van der Waals surface area contributed by atoms with Crippen molar-refractivity contribution in [2.24, 2.45) is 0 Å². The zero-order valence-electron chi connectivity index (χ0n) is 18.6. The molecule has 0 spiro atoms. The summed E-state index contributed by atoms with van der Waals surface area (Å²) < 4.78 is 5.61.